The Labute approximate surface area is 140 Å². The Morgan fingerprint density at radius 1 is 1.33 bits per heavy atom. The van der Waals surface area contributed by atoms with Crippen molar-refractivity contribution in [3.05, 3.63) is 29.8 Å². The smallest absolute Gasteiger partial charge is 0.248 e. The Hall–Kier alpha value is -1.69. The molecule has 2 aliphatic rings. The van der Waals surface area contributed by atoms with Crippen LogP contribution >= 0.6 is 0 Å². The highest BCUT2D eigenvalue weighted by molar-refractivity contribution is 5.80. The number of aliphatic hydroxyl groups excluding tert-OH is 1. The van der Waals surface area contributed by atoms with Gasteiger partial charge in [-0.3, -0.25) is 4.79 Å². The molecule has 0 aromatic heterocycles. The van der Waals surface area contributed by atoms with E-state index in [4.69, 9.17) is 4.74 Å². The fraction of sp³-hybridized carbons (Fsp3) is 0.611. The van der Waals surface area contributed by atoms with Crippen molar-refractivity contribution in [1.29, 1.82) is 0 Å². The van der Waals surface area contributed by atoms with E-state index in [1.807, 2.05) is 24.3 Å². The molecule has 6 heteroatoms. The minimum atomic E-state index is -2.65. The SMILES string of the molecule is COc1cccc([C@@H]2C[C@@H](O)CN2C(=O)C2CCC(F)(F)CC2)c1. The van der Waals surface area contributed by atoms with Gasteiger partial charge in [0.05, 0.1) is 19.3 Å². The molecule has 1 aromatic carbocycles. The minimum Gasteiger partial charge on any atom is -0.497 e. The van der Waals surface area contributed by atoms with Crippen molar-refractivity contribution >= 4 is 5.91 Å². The van der Waals surface area contributed by atoms with Gasteiger partial charge in [-0.2, -0.15) is 0 Å². The van der Waals surface area contributed by atoms with E-state index in [-0.39, 0.29) is 50.1 Å². The Kier molecular flexibility index (Phi) is 4.76. The summed E-state index contributed by atoms with van der Waals surface area (Å²) >= 11 is 0. The van der Waals surface area contributed by atoms with Crippen LogP contribution in [0.25, 0.3) is 0 Å². The largest absolute Gasteiger partial charge is 0.497 e. The normalized spacial score (nSPS) is 27.2. The van der Waals surface area contributed by atoms with Gasteiger partial charge >= 0.3 is 0 Å². The second-order valence-corrected chi connectivity index (χ2v) is 6.80. The zero-order chi connectivity index (χ0) is 17.3. The van der Waals surface area contributed by atoms with Crippen LogP contribution in [-0.2, 0) is 4.79 Å². The Morgan fingerprint density at radius 2 is 2.04 bits per heavy atom. The second kappa shape index (κ2) is 6.67. The van der Waals surface area contributed by atoms with Gasteiger partial charge in [0.25, 0.3) is 0 Å². The highest BCUT2D eigenvalue weighted by atomic mass is 19.3. The number of nitrogens with zero attached hydrogens (tertiary/aromatic N) is 1. The van der Waals surface area contributed by atoms with Crippen molar-refractivity contribution in [2.45, 2.75) is 50.2 Å². The van der Waals surface area contributed by atoms with Crippen molar-refractivity contribution in [3.63, 3.8) is 0 Å². The number of aliphatic hydroxyl groups is 1. The summed E-state index contributed by atoms with van der Waals surface area (Å²) in [7, 11) is 1.58. The Balaban J connectivity index is 1.76. The number of ether oxygens (including phenoxy) is 1. The maximum absolute atomic E-state index is 13.3. The highest BCUT2D eigenvalue weighted by Gasteiger charge is 2.42. The number of carbonyl (C=O) groups is 1. The lowest BCUT2D eigenvalue weighted by Crippen LogP contribution is -2.39. The van der Waals surface area contributed by atoms with Gasteiger partial charge in [0.15, 0.2) is 0 Å². The highest BCUT2D eigenvalue weighted by Crippen LogP contribution is 2.40. The number of halogens is 2. The van der Waals surface area contributed by atoms with Crippen LogP contribution in [0.5, 0.6) is 5.75 Å². The van der Waals surface area contributed by atoms with E-state index >= 15 is 0 Å². The van der Waals surface area contributed by atoms with Gasteiger partial charge in [0.1, 0.15) is 5.75 Å². The third kappa shape index (κ3) is 3.53. The number of hydrogen-bond donors (Lipinski definition) is 1. The molecule has 0 unspecified atom stereocenters. The summed E-state index contributed by atoms with van der Waals surface area (Å²) in [6.45, 7) is 0.258. The molecule has 1 saturated heterocycles. The second-order valence-electron chi connectivity index (χ2n) is 6.80. The lowest BCUT2D eigenvalue weighted by atomic mass is 9.85. The molecule has 24 heavy (non-hydrogen) atoms. The van der Waals surface area contributed by atoms with Crippen LogP contribution in [0.1, 0.15) is 43.7 Å². The van der Waals surface area contributed by atoms with Gasteiger partial charge in [0, 0.05) is 25.3 Å². The van der Waals surface area contributed by atoms with Crippen molar-refractivity contribution in [3.8, 4) is 5.75 Å². The third-order valence-corrected chi connectivity index (χ3v) is 5.11. The molecule has 0 radical (unpaired) electrons. The summed E-state index contributed by atoms with van der Waals surface area (Å²) < 4.78 is 31.9. The number of methoxy groups -OCH3 is 1. The van der Waals surface area contributed by atoms with Gasteiger partial charge in [0.2, 0.25) is 11.8 Å². The molecule has 1 aliphatic carbocycles. The monoisotopic (exact) mass is 339 g/mol. The lowest BCUT2D eigenvalue weighted by Gasteiger charge is -2.33. The maximum atomic E-state index is 13.3. The molecule has 1 saturated carbocycles. The molecule has 2 atom stereocenters. The summed E-state index contributed by atoms with van der Waals surface area (Å²) in [5, 5.41) is 10.0. The summed E-state index contributed by atoms with van der Waals surface area (Å²) in [5.41, 5.74) is 0.903. The molecular formula is C18H23F2NO3. The molecule has 1 aromatic rings. The molecule has 1 aliphatic heterocycles. The number of β-amino-alcohol motifs (C(OH)–C–C–N with tert-alkyl or cyclic N) is 1. The minimum absolute atomic E-state index is 0.116. The van der Waals surface area contributed by atoms with Gasteiger partial charge in [-0.1, -0.05) is 12.1 Å². The van der Waals surface area contributed by atoms with Crippen LogP contribution in [-0.4, -0.2) is 41.6 Å². The zero-order valence-corrected chi connectivity index (χ0v) is 13.8. The molecule has 2 fully saturated rings. The average molecular weight is 339 g/mol. The molecule has 1 amide bonds. The van der Waals surface area contributed by atoms with Crippen LogP contribution < -0.4 is 4.74 Å². The molecule has 1 N–H and O–H groups in total. The first-order valence-electron chi connectivity index (χ1n) is 8.40. The van der Waals surface area contributed by atoms with Gasteiger partial charge in [-0.05, 0) is 37.0 Å². The van der Waals surface area contributed by atoms with Crippen LogP contribution in [0, 0.1) is 5.92 Å². The predicted molar refractivity (Wildman–Crippen MR) is 85.0 cm³/mol. The molecule has 3 rings (SSSR count). The zero-order valence-electron chi connectivity index (χ0n) is 13.8. The molecule has 0 bridgehead atoms. The first kappa shape index (κ1) is 17.1. The number of likely N-dealkylation sites (tertiary alicyclic amines) is 1. The van der Waals surface area contributed by atoms with E-state index in [1.165, 1.54) is 0 Å². The van der Waals surface area contributed by atoms with Crippen LogP contribution in [0.2, 0.25) is 0 Å². The summed E-state index contributed by atoms with van der Waals surface area (Å²) in [6.07, 6.45) is -0.170. The fourth-order valence-corrected chi connectivity index (χ4v) is 3.74. The maximum Gasteiger partial charge on any atom is 0.248 e. The number of rotatable bonds is 3. The lowest BCUT2D eigenvalue weighted by molar-refractivity contribution is -0.141. The standard InChI is InChI=1S/C18H23F2NO3/c1-24-15-4-2-3-13(9-15)16-10-14(22)11-21(16)17(23)12-5-7-18(19,20)8-6-12/h2-4,9,12,14,16,22H,5-8,10-11H2,1H3/t14-,16+/m1/s1. The summed E-state index contributed by atoms with van der Waals surface area (Å²) in [4.78, 5) is 14.5. The summed E-state index contributed by atoms with van der Waals surface area (Å²) in [5.74, 6) is -2.44. The molecule has 132 valence electrons. The van der Waals surface area contributed by atoms with E-state index in [9.17, 15) is 18.7 Å². The van der Waals surface area contributed by atoms with Gasteiger partial charge in [-0.15, -0.1) is 0 Å². The molecule has 1 heterocycles. The van der Waals surface area contributed by atoms with E-state index in [0.717, 1.165) is 5.56 Å². The van der Waals surface area contributed by atoms with Crippen molar-refractivity contribution in [2.75, 3.05) is 13.7 Å². The first-order chi connectivity index (χ1) is 11.4. The van der Waals surface area contributed by atoms with Gasteiger partial charge < -0.3 is 14.7 Å². The van der Waals surface area contributed by atoms with E-state index in [1.54, 1.807) is 12.0 Å². The number of hydrogen-bond acceptors (Lipinski definition) is 3. The summed E-state index contributed by atoms with van der Waals surface area (Å²) in [6, 6.07) is 7.20. The van der Waals surface area contributed by atoms with Gasteiger partial charge in [-0.25, -0.2) is 8.78 Å². The molecule has 4 nitrogen and oxygen atoms in total. The van der Waals surface area contributed by atoms with Crippen molar-refractivity contribution in [2.24, 2.45) is 5.92 Å². The Morgan fingerprint density at radius 3 is 2.71 bits per heavy atom. The van der Waals surface area contributed by atoms with Crippen LogP contribution in [0.4, 0.5) is 8.78 Å². The van der Waals surface area contributed by atoms with E-state index in [0.29, 0.717) is 12.2 Å². The number of amides is 1. The number of carbonyl (C=O) groups excluding carboxylic acids is 1. The Bertz CT molecular complexity index is 598. The predicted octanol–water partition coefficient (Wildman–Crippen LogP) is 3.16. The van der Waals surface area contributed by atoms with E-state index < -0.39 is 12.0 Å². The fourth-order valence-electron chi connectivity index (χ4n) is 3.74. The van der Waals surface area contributed by atoms with Crippen molar-refractivity contribution in [1.82, 2.24) is 4.90 Å². The third-order valence-electron chi connectivity index (χ3n) is 5.11. The topological polar surface area (TPSA) is 49.8 Å². The van der Waals surface area contributed by atoms with Crippen molar-refractivity contribution < 1.29 is 23.4 Å². The van der Waals surface area contributed by atoms with Crippen LogP contribution in [0.3, 0.4) is 0 Å². The quantitative estimate of drug-likeness (QED) is 0.920. The first-order valence-corrected chi connectivity index (χ1v) is 8.40. The number of alkyl halides is 2. The van der Waals surface area contributed by atoms with Crippen LogP contribution in [0.15, 0.2) is 24.3 Å². The average Bonchev–Trinajstić information content (AvgIpc) is 2.96. The molecule has 0 spiro atoms. The number of benzene rings is 1. The van der Waals surface area contributed by atoms with E-state index in [2.05, 4.69) is 0 Å². The molecular weight excluding hydrogens is 316 g/mol.